The summed E-state index contributed by atoms with van der Waals surface area (Å²) in [6, 6.07) is 61.9. The minimum Gasteiger partial charge on any atom is -0.309 e. The molecule has 0 aliphatic rings. The number of nitrogens with zero attached hydrogens (tertiary/aromatic N) is 2. The predicted octanol–water partition coefficient (Wildman–Crippen LogP) is 42.1. The van der Waals surface area contributed by atoms with E-state index in [1.54, 1.807) is 0 Å². The zero-order valence-electron chi connectivity index (χ0n) is 83.7. The first-order valence-corrected chi connectivity index (χ1v) is 55.5. The highest BCUT2D eigenvalue weighted by molar-refractivity contribution is 6.24. The van der Waals surface area contributed by atoms with Crippen molar-refractivity contribution in [3.05, 3.63) is 190 Å². The summed E-state index contributed by atoms with van der Waals surface area (Å²) in [4.78, 5) is 5.82. The summed E-state index contributed by atoms with van der Waals surface area (Å²) in [5.41, 5.74) is 22.9. The van der Waals surface area contributed by atoms with Crippen LogP contribution in [0.25, 0.3) is 32.7 Å². The maximum Gasteiger partial charge on any atom is 0.0620 e. The Hall–Kier alpha value is -6.12. The van der Waals surface area contributed by atoms with Crippen LogP contribution in [0.5, 0.6) is 0 Å². The van der Waals surface area contributed by atoms with Crippen LogP contribution in [0.3, 0.4) is 0 Å². The summed E-state index contributed by atoms with van der Waals surface area (Å²) in [5.74, 6) is 0. The van der Waals surface area contributed by atoms with Crippen molar-refractivity contribution in [3.63, 3.8) is 0 Å². The monoisotopic (exact) mass is 1710 g/mol. The average Bonchev–Trinajstić information content (AvgIpc) is 0.716. The fourth-order valence-electron chi connectivity index (χ4n) is 20.6. The van der Waals surface area contributed by atoms with E-state index in [2.05, 4.69) is 211 Å². The molecular formula is C124H192N2. The summed E-state index contributed by atoms with van der Waals surface area (Å²) in [7, 11) is 0. The van der Waals surface area contributed by atoms with Crippen LogP contribution in [0.15, 0.2) is 146 Å². The van der Waals surface area contributed by atoms with Crippen molar-refractivity contribution in [1.29, 1.82) is 0 Å². The largest absolute Gasteiger partial charge is 0.309 e. The van der Waals surface area contributed by atoms with E-state index < -0.39 is 0 Å². The van der Waals surface area contributed by atoms with Gasteiger partial charge in [-0.25, -0.2) is 0 Å². The molecule has 0 fully saturated rings. The van der Waals surface area contributed by atoms with E-state index in [9.17, 15) is 0 Å². The molecule has 0 amide bonds. The topological polar surface area (TPSA) is 6.48 Å². The Morgan fingerprint density at radius 1 is 0.143 bits per heavy atom. The zero-order valence-corrected chi connectivity index (χ0v) is 83.7. The van der Waals surface area contributed by atoms with Gasteiger partial charge in [-0.1, -0.05) is 506 Å². The molecule has 0 radical (unpaired) electrons. The Balaban J connectivity index is 1.45. The van der Waals surface area contributed by atoms with Crippen molar-refractivity contribution < 1.29 is 0 Å². The lowest BCUT2D eigenvalue weighted by atomic mass is 9.91. The van der Waals surface area contributed by atoms with Crippen LogP contribution < -0.4 is 9.80 Å². The van der Waals surface area contributed by atoms with E-state index in [4.69, 9.17) is 0 Å². The van der Waals surface area contributed by atoms with Gasteiger partial charge in [0.05, 0.1) is 11.4 Å². The molecular weight excluding hydrogens is 1520 g/mol. The number of aryl methyl sites for hydroxylation is 8. The predicted molar refractivity (Wildman–Crippen MR) is 567 cm³/mol. The lowest BCUT2D eigenvalue weighted by Gasteiger charge is -2.34. The third kappa shape index (κ3) is 41.1. The molecule has 698 valence electrons. The molecule has 8 aromatic rings. The second-order valence-electron chi connectivity index (χ2n) is 39.9. The fraction of sp³-hybridized carbons (Fsp3) is 0.645. The average molecular weight is 1710 g/mol. The highest BCUT2D eigenvalue weighted by atomic mass is 15.2. The van der Waals surface area contributed by atoms with Crippen LogP contribution >= 0.6 is 0 Å². The number of fused-ring (bicyclic) bond motifs is 2. The molecule has 0 aliphatic carbocycles. The molecule has 0 heterocycles. The van der Waals surface area contributed by atoms with E-state index in [1.165, 1.54) is 522 Å². The van der Waals surface area contributed by atoms with Crippen molar-refractivity contribution in [2.75, 3.05) is 9.80 Å². The summed E-state index contributed by atoms with van der Waals surface area (Å²) >= 11 is 0. The number of rotatable bonds is 79. The van der Waals surface area contributed by atoms with Crippen molar-refractivity contribution in [2.45, 2.75) is 518 Å². The van der Waals surface area contributed by atoms with Gasteiger partial charge in [-0.3, -0.25) is 0 Å². The van der Waals surface area contributed by atoms with Crippen molar-refractivity contribution in [1.82, 2.24) is 0 Å². The minimum absolute atomic E-state index is 1.12. The second kappa shape index (κ2) is 68.0. The summed E-state index contributed by atoms with van der Waals surface area (Å²) < 4.78 is 0. The fourth-order valence-corrected chi connectivity index (χ4v) is 20.6. The number of hydrogen-bond acceptors (Lipinski definition) is 2. The van der Waals surface area contributed by atoms with Gasteiger partial charge < -0.3 is 9.80 Å². The Kier molecular flexibility index (Phi) is 56.8. The van der Waals surface area contributed by atoms with Gasteiger partial charge in [0.15, 0.2) is 0 Å². The van der Waals surface area contributed by atoms with E-state index in [1.807, 2.05) is 0 Å². The maximum atomic E-state index is 2.91. The van der Waals surface area contributed by atoms with Gasteiger partial charge in [0.25, 0.3) is 0 Å². The number of unbranched alkanes of at least 4 members (excludes halogenated alkanes) is 56. The first-order chi connectivity index (χ1) is 62.3. The van der Waals surface area contributed by atoms with Crippen LogP contribution in [0.2, 0.25) is 0 Å². The van der Waals surface area contributed by atoms with Gasteiger partial charge in [0, 0.05) is 44.3 Å². The first-order valence-electron chi connectivity index (χ1n) is 55.5. The third-order valence-electron chi connectivity index (χ3n) is 28.3. The number of hydrogen-bond donors (Lipinski definition) is 0. The molecule has 0 atom stereocenters. The zero-order chi connectivity index (χ0) is 88.6. The Bertz CT molecular complexity index is 3710. The Morgan fingerprint density at radius 3 is 0.524 bits per heavy atom. The SMILES string of the molecule is CCCCCCCCCCc1cc(CCCCCCCCCC)cc(N(c2cc(CCCCCCCCCC)cc(CCCCCCCCCC)c2)c2c3ccccc3c(N(c3cc(CCCCCCCCCC)cc(CCCCCCCCCC)c3)c3cc(CCCCCCCCCC)cc(CCCCCCCCCC)c3)c3cc(-c4ccccc4)ccc23)c1. The van der Waals surface area contributed by atoms with E-state index in [-0.39, 0.29) is 0 Å². The highest BCUT2D eigenvalue weighted by Gasteiger charge is 2.29. The molecule has 8 rings (SSSR count). The standard InChI is InChI=1S/C124H192N2/c1-9-17-25-33-41-49-57-66-78-105-92-106(79-67-58-50-42-34-26-18-10-2)97-115(96-105)125(116-98-107(80-68-59-51-43-35-27-19-11-3)93-108(99-116)81-69-60-52-44-36-28-20-12-4)123-119-88-76-77-89-120(119)124(122-104-114(90-91-121(122)123)113-86-74-65-75-87-113)126(117-100-109(82-70-61-53-45-37-29-21-13-5)94-110(101-117)83-71-62-54-46-38-30-22-14-6)118-102-111(84-72-63-55-47-39-31-23-15-7)95-112(103-118)85-73-64-56-48-40-32-24-16-8/h65,74-77,86-104H,9-64,66-73,78-85H2,1-8H3. The molecule has 2 heteroatoms. The lowest BCUT2D eigenvalue weighted by Crippen LogP contribution is -2.16. The van der Waals surface area contributed by atoms with Crippen molar-refractivity contribution in [3.8, 4) is 11.1 Å². The molecule has 0 unspecified atom stereocenters. The van der Waals surface area contributed by atoms with Gasteiger partial charge in [-0.05, 0) is 213 Å². The molecule has 2 nitrogen and oxygen atoms in total. The number of anilines is 6. The number of benzene rings is 8. The molecule has 126 heavy (non-hydrogen) atoms. The molecule has 0 N–H and O–H groups in total. The molecule has 0 saturated carbocycles. The summed E-state index contributed by atoms with van der Waals surface area (Å²) in [6.07, 6.45) is 94.5. The molecule has 0 saturated heterocycles. The molecule has 0 spiro atoms. The van der Waals surface area contributed by atoms with Gasteiger partial charge >= 0.3 is 0 Å². The highest BCUT2D eigenvalue weighted by Crippen LogP contribution is 2.53. The molecule has 0 aliphatic heterocycles. The van der Waals surface area contributed by atoms with Crippen LogP contribution in [-0.2, 0) is 51.4 Å². The quantitative estimate of drug-likeness (QED) is 0.0213. The Labute approximate surface area is 779 Å². The van der Waals surface area contributed by atoms with Crippen LogP contribution in [0.4, 0.5) is 34.1 Å². The molecule has 0 aromatic heterocycles. The van der Waals surface area contributed by atoms with Crippen molar-refractivity contribution in [2.24, 2.45) is 0 Å². The van der Waals surface area contributed by atoms with Gasteiger partial charge in [-0.2, -0.15) is 0 Å². The van der Waals surface area contributed by atoms with E-state index in [0.717, 1.165) is 51.4 Å². The van der Waals surface area contributed by atoms with Crippen LogP contribution in [0, 0.1) is 0 Å². The maximum absolute atomic E-state index is 2.91. The molecule has 8 aromatic carbocycles. The van der Waals surface area contributed by atoms with E-state index >= 15 is 0 Å². The summed E-state index contributed by atoms with van der Waals surface area (Å²) in [5, 5.41) is 5.37. The van der Waals surface area contributed by atoms with Crippen LogP contribution in [-0.4, -0.2) is 0 Å². The summed E-state index contributed by atoms with van der Waals surface area (Å²) in [6.45, 7) is 18.9. The smallest absolute Gasteiger partial charge is 0.0620 e. The normalized spacial score (nSPS) is 11.7. The second-order valence-corrected chi connectivity index (χ2v) is 39.9. The van der Waals surface area contributed by atoms with Crippen molar-refractivity contribution >= 4 is 55.7 Å². The lowest BCUT2D eigenvalue weighted by molar-refractivity contribution is 0.574. The third-order valence-corrected chi connectivity index (χ3v) is 28.3. The Morgan fingerprint density at radius 2 is 0.317 bits per heavy atom. The molecule has 0 bridgehead atoms. The first kappa shape index (κ1) is 105. The van der Waals surface area contributed by atoms with Gasteiger partial charge in [0.1, 0.15) is 0 Å². The van der Waals surface area contributed by atoms with Gasteiger partial charge in [0.2, 0.25) is 0 Å². The minimum atomic E-state index is 1.12. The van der Waals surface area contributed by atoms with Crippen LogP contribution in [0.1, 0.15) is 511 Å². The van der Waals surface area contributed by atoms with Gasteiger partial charge in [-0.15, -0.1) is 0 Å². The van der Waals surface area contributed by atoms with E-state index in [0.29, 0.717) is 0 Å².